The van der Waals surface area contributed by atoms with Crippen molar-refractivity contribution < 1.29 is 14.3 Å². The first-order chi connectivity index (χ1) is 22.9. The van der Waals surface area contributed by atoms with Crippen LogP contribution in [0.4, 0.5) is 5.69 Å². The molecule has 0 radical (unpaired) electrons. The highest BCUT2D eigenvalue weighted by Crippen LogP contribution is 2.42. The Balaban J connectivity index is 1.16. The molecular formula is C38H40N6O3. The molecule has 2 bridgehead atoms. The number of nitrogens with two attached hydrogens (primary N) is 1. The van der Waals surface area contributed by atoms with Crippen LogP contribution in [0.25, 0.3) is 44.6 Å². The van der Waals surface area contributed by atoms with Crippen molar-refractivity contribution in [3.63, 3.8) is 0 Å². The molecule has 3 N–H and O–H groups in total. The molecule has 4 fully saturated rings. The number of nitrogens with one attached hydrogen (secondary N) is 1. The SMILES string of the molecule is COc1cc(C(=O)N2C[C@H]3CC[C@@H]2C[C@@H]3N)cc2nc(-c3cc4cccc(-c5ccc6c(c5)CCC(=O)N6)c4n3CC3CC3)n(C)c12. The molecule has 3 aliphatic heterocycles. The summed E-state index contributed by atoms with van der Waals surface area (Å²) in [5, 5.41) is 4.18. The van der Waals surface area contributed by atoms with Gasteiger partial charge in [-0.15, -0.1) is 0 Å². The van der Waals surface area contributed by atoms with Crippen molar-refractivity contribution in [2.45, 2.75) is 63.6 Å². The number of piperidine rings is 2. The van der Waals surface area contributed by atoms with Crippen molar-refractivity contribution in [3.05, 3.63) is 65.7 Å². The molecular weight excluding hydrogens is 588 g/mol. The molecule has 9 nitrogen and oxygen atoms in total. The maximum absolute atomic E-state index is 13.9. The zero-order chi connectivity index (χ0) is 32.0. The molecule has 3 aromatic carbocycles. The Kier molecular flexibility index (Phi) is 6.51. The van der Waals surface area contributed by atoms with Gasteiger partial charge in [0.15, 0.2) is 5.82 Å². The summed E-state index contributed by atoms with van der Waals surface area (Å²) in [6.45, 7) is 1.64. The zero-order valence-corrected chi connectivity index (χ0v) is 27.0. The normalized spacial score (nSPS) is 22.1. The van der Waals surface area contributed by atoms with Crippen molar-refractivity contribution in [1.82, 2.24) is 19.0 Å². The molecule has 240 valence electrons. The predicted octanol–water partition coefficient (Wildman–Crippen LogP) is 6.12. The molecule has 0 unspecified atom stereocenters. The smallest absolute Gasteiger partial charge is 0.254 e. The van der Waals surface area contributed by atoms with E-state index in [0.717, 1.165) is 78.0 Å². The first-order valence-corrected chi connectivity index (χ1v) is 17.0. The van der Waals surface area contributed by atoms with Gasteiger partial charge >= 0.3 is 0 Å². The first-order valence-electron chi connectivity index (χ1n) is 17.0. The molecule has 9 heteroatoms. The highest BCUT2D eigenvalue weighted by atomic mass is 16.5. The van der Waals surface area contributed by atoms with Gasteiger partial charge in [-0.25, -0.2) is 4.98 Å². The monoisotopic (exact) mass is 628 g/mol. The number of imidazole rings is 1. The summed E-state index contributed by atoms with van der Waals surface area (Å²) in [6.07, 6.45) is 6.71. The standard InChI is InChI=1S/C38H40N6O3/c1-42-36-31(15-26(17-33(36)47-2)38(46)43-20-25-8-11-27(43)18-29(25)39)41-37(42)32-16-24-4-3-5-28(35(24)44(32)19-21-6-7-21)22-9-12-30-23(14-22)10-13-34(45)40-30/h3-5,9,12,14-17,21,25,27,29H,6-8,10-11,13,18-20,39H2,1-2H3,(H,40,45)/t25-,27-,29+/m1/s1. The lowest BCUT2D eigenvalue weighted by atomic mass is 9.76. The van der Waals surface area contributed by atoms with Crippen molar-refractivity contribution in [2.24, 2.45) is 24.6 Å². The average Bonchev–Trinajstić information content (AvgIpc) is 3.75. The lowest BCUT2D eigenvalue weighted by Gasteiger charge is -2.48. The van der Waals surface area contributed by atoms with Crippen LogP contribution >= 0.6 is 0 Å². The first kappa shape index (κ1) is 28.6. The van der Waals surface area contributed by atoms with E-state index in [9.17, 15) is 9.59 Å². The van der Waals surface area contributed by atoms with E-state index < -0.39 is 0 Å². The Labute approximate surface area is 273 Å². The highest BCUT2D eigenvalue weighted by molar-refractivity contribution is 6.02. The summed E-state index contributed by atoms with van der Waals surface area (Å²) in [4.78, 5) is 33.2. The Morgan fingerprint density at radius 1 is 1.04 bits per heavy atom. The van der Waals surface area contributed by atoms with Gasteiger partial charge in [-0.1, -0.05) is 24.3 Å². The van der Waals surface area contributed by atoms with Crippen LogP contribution in [0.15, 0.2) is 54.6 Å². The molecule has 47 heavy (non-hydrogen) atoms. The molecule has 5 aromatic rings. The fourth-order valence-electron chi connectivity index (χ4n) is 8.43. The minimum absolute atomic E-state index is 0.0381. The second kappa shape index (κ2) is 10.7. The van der Waals surface area contributed by atoms with Crippen molar-refractivity contribution >= 4 is 39.4 Å². The Morgan fingerprint density at radius 2 is 1.91 bits per heavy atom. The van der Waals surface area contributed by atoms with Gasteiger partial charge in [0, 0.05) is 60.8 Å². The Bertz CT molecular complexity index is 2110. The largest absolute Gasteiger partial charge is 0.494 e. The molecule has 2 amide bonds. The van der Waals surface area contributed by atoms with Crippen molar-refractivity contribution in [2.75, 3.05) is 19.0 Å². The summed E-state index contributed by atoms with van der Waals surface area (Å²) in [7, 11) is 3.70. The highest BCUT2D eigenvalue weighted by Gasteiger charge is 2.41. The van der Waals surface area contributed by atoms with Gasteiger partial charge in [0.1, 0.15) is 11.3 Å². The fraction of sp³-hybridized carbons (Fsp3) is 0.395. The number of methoxy groups -OCH3 is 1. The number of nitrogens with zero attached hydrogens (tertiary/aromatic N) is 4. The molecule has 0 spiro atoms. The van der Waals surface area contributed by atoms with Crippen LogP contribution in [0.3, 0.4) is 0 Å². The van der Waals surface area contributed by atoms with E-state index in [1.54, 1.807) is 7.11 Å². The van der Waals surface area contributed by atoms with Gasteiger partial charge in [-0.3, -0.25) is 9.59 Å². The zero-order valence-electron chi connectivity index (χ0n) is 27.0. The summed E-state index contributed by atoms with van der Waals surface area (Å²) in [5.41, 5.74) is 15.3. The van der Waals surface area contributed by atoms with Gasteiger partial charge in [0.25, 0.3) is 5.91 Å². The fourth-order valence-corrected chi connectivity index (χ4v) is 8.43. The second-order valence-electron chi connectivity index (χ2n) is 14.1. The summed E-state index contributed by atoms with van der Waals surface area (Å²) in [6, 6.07) is 19.4. The maximum atomic E-state index is 13.9. The quantitative estimate of drug-likeness (QED) is 0.236. The van der Waals surface area contributed by atoms with Gasteiger partial charge < -0.3 is 29.8 Å². The van der Waals surface area contributed by atoms with Gasteiger partial charge in [0.05, 0.1) is 23.8 Å². The number of anilines is 1. The number of aromatic nitrogens is 3. The van der Waals surface area contributed by atoms with E-state index in [1.807, 2.05) is 30.1 Å². The number of fused-ring (bicyclic) bond motifs is 6. The summed E-state index contributed by atoms with van der Waals surface area (Å²) in [5.74, 6) is 2.62. The van der Waals surface area contributed by atoms with Gasteiger partial charge in [0.2, 0.25) is 5.91 Å². The number of hydrogen-bond acceptors (Lipinski definition) is 5. The minimum Gasteiger partial charge on any atom is -0.494 e. The van der Waals surface area contributed by atoms with Crippen LogP contribution < -0.4 is 15.8 Å². The molecule has 3 atom stereocenters. The molecule has 2 aliphatic carbocycles. The maximum Gasteiger partial charge on any atom is 0.254 e. The van der Waals surface area contributed by atoms with Crippen LogP contribution in [0.5, 0.6) is 5.75 Å². The van der Waals surface area contributed by atoms with E-state index in [-0.39, 0.29) is 23.9 Å². The van der Waals surface area contributed by atoms with E-state index in [1.165, 1.54) is 29.5 Å². The number of para-hydroxylation sites is 1. The van der Waals surface area contributed by atoms with E-state index >= 15 is 0 Å². The third kappa shape index (κ3) is 4.65. The molecule has 5 heterocycles. The second-order valence-corrected chi connectivity index (χ2v) is 14.1. The van der Waals surface area contributed by atoms with E-state index in [2.05, 4.69) is 50.8 Å². The molecule has 2 saturated carbocycles. The van der Waals surface area contributed by atoms with E-state index in [0.29, 0.717) is 29.6 Å². The Morgan fingerprint density at radius 3 is 2.68 bits per heavy atom. The van der Waals surface area contributed by atoms with Gasteiger partial charge in [-0.2, -0.15) is 0 Å². The minimum atomic E-state index is 0.0381. The lowest BCUT2D eigenvalue weighted by Crippen LogP contribution is -2.58. The number of benzene rings is 3. The average molecular weight is 629 g/mol. The van der Waals surface area contributed by atoms with Gasteiger partial charge in [-0.05, 0) is 91.8 Å². The topological polar surface area (TPSA) is 107 Å². The van der Waals surface area contributed by atoms with Crippen molar-refractivity contribution in [1.29, 1.82) is 0 Å². The number of ether oxygens (including phenoxy) is 1. The van der Waals surface area contributed by atoms with Crippen LogP contribution in [-0.2, 0) is 24.8 Å². The van der Waals surface area contributed by atoms with Crippen LogP contribution in [0.1, 0.15) is 54.4 Å². The summed E-state index contributed by atoms with van der Waals surface area (Å²) < 4.78 is 10.5. The number of hydrogen-bond donors (Lipinski definition) is 2. The molecule has 2 saturated heterocycles. The molecule has 2 aromatic heterocycles. The third-order valence-corrected chi connectivity index (χ3v) is 11.2. The third-order valence-electron chi connectivity index (χ3n) is 11.2. The van der Waals surface area contributed by atoms with Crippen LogP contribution in [0.2, 0.25) is 0 Å². The number of amides is 2. The number of carbonyl (C=O) groups excluding carboxylic acids is 2. The Hall–Kier alpha value is -4.63. The lowest BCUT2D eigenvalue weighted by molar-refractivity contribution is -0.116. The number of aryl methyl sites for hydroxylation is 2. The van der Waals surface area contributed by atoms with E-state index in [4.69, 9.17) is 15.5 Å². The summed E-state index contributed by atoms with van der Waals surface area (Å²) >= 11 is 0. The molecule has 5 aliphatic rings. The molecule has 10 rings (SSSR count). The number of carbonyl (C=O) groups is 2. The van der Waals surface area contributed by atoms with Crippen molar-refractivity contribution in [3.8, 4) is 28.4 Å². The van der Waals surface area contributed by atoms with Crippen LogP contribution in [-0.4, -0.2) is 56.6 Å². The number of rotatable bonds is 6. The van der Waals surface area contributed by atoms with Crippen LogP contribution in [0, 0.1) is 11.8 Å². The predicted molar refractivity (Wildman–Crippen MR) is 183 cm³/mol.